The third-order valence-electron chi connectivity index (χ3n) is 5.67. The van der Waals surface area contributed by atoms with E-state index in [4.69, 9.17) is 0 Å². The van der Waals surface area contributed by atoms with E-state index in [0.29, 0.717) is 11.6 Å². The summed E-state index contributed by atoms with van der Waals surface area (Å²) < 4.78 is 0. The number of carbonyl (C=O) groups is 2. The minimum atomic E-state index is -0.801. The van der Waals surface area contributed by atoms with Crippen LogP contribution in [0.4, 0.5) is 22.2 Å². The Balaban J connectivity index is 1.53. The average Bonchev–Trinajstić information content (AvgIpc) is 3.39. The molecule has 1 aliphatic heterocycles. The molecule has 13 heteroatoms. The standard InChI is InChI=1S/C22H20N6O6S/c1-11-4-12(2)6-15(5-11)26-10-14(7-19(26)29)21-24-25-22(35-21)23-20(30)17-8-16(27(31)32)9-18(13(17)3)28(33)34/h4-6,8-9,14H,7,10H2,1-3H3,(H,23,25,30). The Hall–Kier alpha value is -4.26. The summed E-state index contributed by atoms with van der Waals surface area (Å²) in [4.78, 5) is 48.0. The zero-order valence-corrected chi connectivity index (χ0v) is 19.8. The third-order valence-corrected chi connectivity index (χ3v) is 6.67. The van der Waals surface area contributed by atoms with Crippen LogP contribution in [0.1, 0.15) is 44.4 Å². The number of anilines is 2. The smallest absolute Gasteiger partial charge is 0.279 e. The molecule has 180 valence electrons. The number of non-ortho nitro benzene ring substituents is 1. The highest BCUT2D eigenvalue weighted by atomic mass is 32.1. The van der Waals surface area contributed by atoms with Crippen molar-refractivity contribution < 1.29 is 19.4 Å². The number of benzene rings is 2. The van der Waals surface area contributed by atoms with Crippen molar-refractivity contribution in [1.29, 1.82) is 0 Å². The molecule has 3 aromatic rings. The first kappa shape index (κ1) is 23.9. The fourth-order valence-electron chi connectivity index (χ4n) is 4.06. The molecule has 0 spiro atoms. The van der Waals surface area contributed by atoms with Crippen LogP contribution in [0.25, 0.3) is 0 Å². The van der Waals surface area contributed by atoms with Crippen molar-refractivity contribution in [3.05, 3.63) is 77.8 Å². The van der Waals surface area contributed by atoms with Crippen molar-refractivity contribution in [2.75, 3.05) is 16.8 Å². The number of rotatable bonds is 6. The fraction of sp³-hybridized carbons (Fsp3) is 0.273. The molecule has 4 rings (SSSR count). The second-order valence-corrected chi connectivity index (χ2v) is 9.31. The lowest BCUT2D eigenvalue weighted by Gasteiger charge is -2.17. The molecular formula is C22H20N6O6S. The number of nitrogens with one attached hydrogen (secondary N) is 1. The lowest BCUT2D eigenvalue weighted by atomic mass is 10.0. The lowest BCUT2D eigenvalue weighted by molar-refractivity contribution is -0.394. The number of hydrogen-bond donors (Lipinski definition) is 1. The highest BCUT2D eigenvalue weighted by molar-refractivity contribution is 7.15. The molecule has 1 aromatic heterocycles. The van der Waals surface area contributed by atoms with Crippen LogP contribution in [0.5, 0.6) is 0 Å². The van der Waals surface area contributed by atoms with Crippen LogP contribution < -0.4 is 10.2 Å². The number of aryl methyl sites for hydroxylation is 2. The number of hydrogen-bond acceptors (Lipinski definition) is 9. The largest absolute Gasteiger partial charge is 0.312 e. The van der Waals surface area contributed by atoms with Crippen molar-refractivity contribution in [3.8, 4) is 0 Å². The van der Waals surface area contributed by atoms with E-state index in [9.17, 15) is 29.8 Å². The molecule has 2 aromatic carbocycles. The number of nitro groups is 2. The van der Waals surface area contributed by atoms with E-state index in [1.54, 1.807) is 4.90 Å². The molecule has 1 aliphatic rings. The fourth-order valence-corrected chi connectivity index (χ4v) is 4.89. The van der Waals surface area contributed by atoms with Crippen molar-refractivity contribution in [2.45, 2.75) is 33.1 Å². The Labute approximate surface area is 202 Å². The van der Waals surface area contributed by atoms with Crippen molar-refractivity contribution in [2.24, 2.45) is 0 Å². The van der Waals surface area contributed by atoms with Gasteiger partial charge in [0.2, 0.25) is 11.0 Å². The van der Waals surface area contributed by atoms with Gasteiger partial charge in [-0.3, -0.25) is 35.1 Å². The molecule has 0 saturated carbocycles. The minimum Gasteiger partial charge on any atom is -0.312 e. The molecule has 1 atom stereocenters. The van der Waals surface area contributed by atoms with E-state index >= 15 is 0 Å². The number of amides is 2. The van der Waals surface area contributed by atoms with Crippen molar-refractivity contribution in [3.63, 3.8) is 0 Å². The van der Waals surface area contributed by atoms with E-state index in [1.165, 1.54) is 6.92 Å². The van der Waals surface area contributed by atoms with Crippen LogP contribution in [0.3, 0.4) is 0 Å². The van der Waals surface area contributed by atoms with Gasteiger partial charge in [-0.25, -0.2) is 0 Å². The maximum Gasteiger partial charge on any atom is 0.279 e. The van der Waals surface area contributed by atoms with Crippen LogP contribution in [0.15, 0.2) is 30.3 Å². The Bertz CT molecular complexity index is 1370. The minimum absolute atomic E-state index is 0.00619. The van der Waals surface area contributed by atoms with E-state index in [1.807, 2.05) is 32.0 Å². The first-order valence-electron chi connectivity index (χ1n) is 10.5. The average molecular weight is 497 g/mol. The van der Waals surface area contributed by atoms with Gasteiger partial charge in [0, 0.05) is 36.2 Å². The molecule has 2 amide bonds. The Morgan fingerprint density at radius 3 is 2.37 bits per heavy atom. The van der Waals surface area contributed by atoms with Crippen LogP contribution >= 0.6 is 11.3 Å². The lowest BCUT2D eigenvalue weighted by Crippen LogP contribution is -2.24. The van der Waals surface area contributed by atoms with Gasteiger partial charge in [-0.05, 0) is 44.0 Å². The summed E-state index contributed by atoms with van der Waals surface area (Å²) in [7, 11) is 0. The summed E-state index contributed by atoms with van der Waals surface area (Å²) in [6.07, 6.45) is 0.242. The van der Waals surface area contributed by atoms with Gasteiger partial charge in [-0.1, -0.05) is 17.4 Å². The first-order chi connectivity index (χ1) is 16.5. The topological polar surface area (TPSA) is 161 Å². The summed E-state index contributed by atoms with van der Waals surface area (Å²) in [5.74, 6) is -1.04. The van der Waals surface area contributed by atoms with Gasteiger partial charge in [0.05, 0.1) is 21.5 Å². The third kappa shape index (κ3) is 4.84. The highest BCUT2D eigenvalue weighted by Crippen LogP contribution is 2.35. The quantitative estimate of drug-likeness (QED) is 0.395. The molecule has 1 saturated heterocycles. The zero-order valence-electron chi connectivity index (χ0n) is 19.0. The van der Waals surface area contributed by atoms with Gasteiger partial charge in [-0.2, -0.15) is 0 Å². The number of aromatic nitrogens is 2. The normalized spacial score (nSPS) is 15.3. The van der Waals surface area contributed by atoms with Gasteiger partial charge in [0.25, 0.3) is 17.3 Å². The van der Waals surface area contributed by atoms with Crippen LogP contribution in [0, 0.1) is 41.0 Å². The molecule has 12 nitrogen and oxygen atoms in total. The molecule has 1 fully saturated rings. The second-order valence-electron chi connectivity index (χ2n) is 8.30. The summed E-state index contributed by atoms with van der Waals surface area (Å²) in [6, 6.07) is 7.71. The Morgan fingerprint density at radius 2 is 1.74 bits per heavy atom. The number of nitro benzene ring substituents is 2. The summed E-state index contributed by atoms with van der Waals surface area (Å²) in [6.45, 7) is 5.69. The van der Waals surface area contributed by atoms with Crippen LogP contribution in [0.2, 0.25) is 0 Å². The molecule has 0 aliphatic carbocycles. The molecule has 2 heterocycles. The summed E-state index contributed by atoms with van der Waals surface area (Å²) >= 11 is 1.08. The maximum absolute atomic E-state index is 12.8. The zero-order chi connectivity index (χ0) is 25.4. The van der Waals surface area contributed by atoms with E-state index < -0.39 is 27.1 Å². The molecule has 35 heavy (non-hydrogen) atoms. The van der Waals surface area contributed by atoms with Gasteiger partial charge < -0.3 is 4.90 Å². The summed E-state index contributed by atoms with van der Waals surface area (Å²) in [5, 5.41) is 33.7. The number of carbonyl (C=O) groups excluding carboxylic acids is 2. The number of nitrogens with zero attached hydrogens (tertiary/aromatic N) is 5. The van der Waals surface area contributed by atoms with Crippen molar-refractivity contribution in [1.82, 2.24) is 10.2 Å². The van der Waals surface area contributed by atoms with Crippen LogP contribution in [-0.4, -0.2) is 38.4 Å². The Kier molecular flexibility index (Phi) is 6.26. The van der Waals surface area contributed by atoms with Crippen molar-refractivity contribution >= 4 is 45.3 Å². The molecule has 1 N–H and O–H groups in total. The summed E-state index contributed by atoms with van der Waals surface area (Å²) in [5.41, 5.74) is 1.60. The van der Waals surface area contributed by atoms with E-state index in [0.717, 1.165) is 40.3 Å². The predicted octanol–water partition coefficient (Wildman–Crippen LogP) is 4.05. The monoisotopic (exact) mass is 496 g/mol. The molecule has 0 radical (unpaired) electrons. The predicted molar refractivity (Wildman–Crippen MR) is 128 cm³/mol. The van der Waals surface area contributed by atoms with Crippen LogP contribution in [-0.2, 0) is 4.79 Å². The SMILES string of the molecule is Cc1cc(C)cc(N2CC(c3nnc(NC(=O)c4cc([N+](=O)[O-])cc([N+](=O)[O-])c4C)s3)CC2=O)c1. The molecular weight excluding hydrogens is 476 g/mol. The molecule has 1 unspecified atom stereocenters. The van der Waals surface area contributed by atoms with E-state index in [2.05, 4.69) is 15.5 Å². The van der Waals surface area contributed by atoms with Gasteiger partial charge in [-0.15, -0.1) is 10.2 Å². The van der Waals surface area contributed by atoms with Gasteiger partial charge in [0.15, 0.2) is 0 Å². The first-order valence-corrected chi connectivity index (χ1v) is 11.3. The Morgan fingerprint density at radius 1 is 1.06 bits per heavy atom. The van der Waals surface area contributed by atoms with E-state index in [-0.39, 0.29) is 34.5 Å². The van der Waals surface area contributed by atoms with Gasteiger partial charge in [0.1, 0.15) is 5.01 Å². The second kappa shape index (κ2) is 9.18. The molecule has 0 bridgehead atoms. The highest BCUT2D eigenvalue weighted by Gasteiger charge is 2.34. The maximum atomic E-state index is 12.8. The van der Waals surface area contributed by atoms with Gasteiger partial charge >= 0.3 is 0 Å².